The third-order valence-corrected chi connectivity index (χ3v) is 6.88. The van der Waals surface area contributed by atoms with Crippen LogP contribution in [0.3, 0.4) is 0 Å². The van der Waals surface area contributed by atoms with Crippen molar-refractivity contribution in [1.29, 1.82) is 0 Å². The van der Waals surface area contributed by atoms with E-state index in [1.807, 2.05) is 78.7 Å². The lowest BCUT2D eigenvalue weighted by Gasteiger charge is -2.34. The van der Waals surface area contributed by atoms with Crippen LogP contribution in [0.25, 0.3) is 16.9 Å². The smallest absolute Gasteiger partial charge is 0.257 e. The number of hydrogen-bond acceptors (Lipinski definition) is 3. The highest BCUT2D eigenvalue weighted by atomic mass is 16.2. The Morgan fingerprint density at radius 2 is 1.58 bits per heavy atom. The number of benzene rings is 2. The number of amides is 2. The Morgan fingerprint density at radius 1 is 0.939 bits per heavy atom. The zero-order valence-corrected chi connectivity index (χ0v) is 19.0. The van der Waals surface area contributed by atoms with Crippen LogP contribution >= 0.6 is 0 Å². The molecule has 2 amide bonds. The van der Waals surface area contributed by atoms with E-state index in [2.05, 4.69) is 5.32 Å². The molecule has 2 aliphatic rings. The topological polar surface area (TPSA) is 67.2 Å². The van der Waals surface area contributed by atoms with Crippen LogP contribution in [-0.2, 0) is 4.79 Å². The number of nitrogens with one attached hydrogen (secondary N) is 1. The molecule has 3 aromatic rings. The molecule has 1 saturated carbocycles. The Kier molecular flexibility index (Phi) is 5.99. The van der Waals surface area contributed by atoms with Gasteiger partial charge in [0, 0.05) is 36.8 Å². The van der Waals surface area contributed by atoms with Gasteiger partial charge in [-0.25, -0.2) is 4.68 Å². The fourth-order valence-electron chi connectivity index (χ4n) is 4.60. The van der Waals surface area contributed by atoms with Crippen molar-refractivity contribution in [2.24, 2.45) is 11.8 Å². The van der Waals surface area contributed by atoms with Gasteiger partial charge in [0.1, 0.15) is 5.69 Å². The van der Waals surface area contributed by atoms with Crippen molar-refractivity contribution < 1.29 is 9.59 Å². The van der Waals surface area contributed by atoms with Crippen LogP contribution < -0.4 is 5.32 Å². The van der Waals surface area contributed by atoms with Crippen LogP contribution in [0.1, 0.15) is 43.0 Å². The zero-order chi connectivity index (χ0) is 22.8. The van der Waals surface area contributed by atoms with Gasteiger partial charge in [-0.05, 0) is 43.7 Å². The fraction of sp³-hybridized carbons (Fsp3) is 0.370. The maximum Gasteiger partial charge on any atom is 0.257 e. The molecule has 1 saturated heterocycles. The van der Waals surface area contributed by atoms with Crippen LogP contribution in [0.5, 0.6) is 0 Å². The van der Waals surface area contributed by atoms with Crippen molar-refractivity contribution in [2.75, 3.05) is 13.1 Å². The molecule has 2 fully saturated rings. The van der Waals surface area contributed by atoms with Gasteiger partial charge in [0.05, 0.1) is 11.3 Å². The van der Waals surface area contributed by atoms with E-state index in [1.165, 1.54) is 0 Å². The highest BCUT2D eigenvalue weighted by Crippen LogP contribution is 2.30. The minimum atomic E-state index is -0.0106. The Labute approximate surface area is 194 Å². The molecule has 6 heteroatoms. The lowest BCUT2D eigenvalue weighted by molar-refractivity contribution is -0.126. The average Bonchev–Trinajstić information content (AvgIpc) is 3.58. The lowest BCUT2D eigenvalue weighted by Crippen LogP contribution is -2.43. The maximum atomic E-state index is 13.6. The lowest BCUT2D eigenvalue weighted by atomic mass is 9.84. The van der Waals surface area contributed by atoms with Gasteiger partial charge < -0.3 is 10.2 Å². The molecule has 1 atom stereocenters. The summed E-state index contributed by atoms with van der Waals surface area (Å²) in [6.07, 6.45) is 5.74. The quantitative estimate of drug-likeness (QED) is 0.619. The van der Waals surface area contributed by atoms with E-state index >= 15 is 0 Å². The standard InChI is InChI=1S/C27H30N4O2/c1-19(26(32)28-22-12-13-22)20-14-16-30(17-15-20)27(33)24-18-31(23-10-6-3-7-11-23)29-25(24)21-8-4-2-5-9-21/h2-11,18-20,22H,12-17H2,1H3,(H,28,32)/t19-/m0/s1. The molecule has 0 unspecified atom stereocenters. The molecule has 5 rings (SSSR count). The largest absolute Gasteiger partial charge is 0.353 e. The van der Waals surface area contributed by atoms with Crippen LogP contribution in [0.2, 0.25) is 0 Å². The molecule has 2 aromatic carbocycles. The molecule has 1 aliphatic heterocycles. The third kappa shape index (κ3) is 4.70. The predicted octanol–water partition coefficient (Wildman–Crippen LogP) is 4.31. The van der Waals surface area contributed by atoms with Gasteiger partial charge in [0.15, 0.2) is 0 Å². The molecule has 1 N–H and O–H groups in total. The summed E-state index contributed by atoms with van der Waals surface area (Å²) in [5.74, 6) is 0.472. The number of aromatic nitrogens is 2. The van der Waals surface area contributed by atoms with Gasteiger partial charge in [0.2, 0.25) is 5.91 Å². The molecule has 170 valence electrons. The minimum Gasteiger partial charge on any atom is -0.353 e. The second-order valence-corrected chi connectivity index (χ2v) is 9.24. The number of nitrogens with zero attached hydrogens (tertiary/aromatic N) is 3. The first-order valence-electron chi connectivity index (χ1n) is 11.9. The van der Waals surface area contributed by atoms with Crippen molar-refractivity contribution in [3.8, 4) is 16.9 Å². The van der Waals surface area contributed by atoms with Gasteiger partial charge in [0.25, 0.3) is 5.91 Å². The van der Waals surface area contributed by atoms with E-state index in [9.17, 15) is 9.59 Å². The second kappa shape index (κ2) is 9.22. The fourth-order valence-corrected chi connectivity index (χ4v) is 4.60. The Balaban J connectivity index is 1.34. The minimum absolute atomic E-state index is 0.00423. The van der Waals surface area contributed by atoms with Crippen molar-refractivity contribution >= 4 is 11.8 Å². The molecule has 2 heterocycles. The average molecular weight is 443 g/mol. The first-order valence-corrected chi connectivity index (χ1v) is 11.9. The molecule has 33 heavy (non-hydrogen) atoms. The number of hydrogen-bond donors (Lipinski definition) is 1. The SMILES string of the molecule is C[C@H](C(=O)NC1CC1)C1CCN(C(=O)c2cn(-c3ccccc3)nc2-c2ccccc2)CC1. The number of carbonyl (C=O) groups is 2. The second-order valence-electron chi connectivity index (χ2n) is 9.24. The van der Waals surface area contributed by atoms with E-state index in [-0.39, 0.29) is 17.7 Å². The number of carbonyl (C=O) groups excluding carboxylic acids is 2. The van der Waals surface area contributed by atoms with Crippen LogP contribution in [0.4, 0.5) is 0 Å². The van der Waals surface area contributed by atoms with Crippen molar-refractivity contribution in [2.45, 2.75) is 38.6 Å². The molecule has 1 aliphatic carbocycles. The molecule has 0 radical (unpaired) electrons. The van der Waals surface area contributed by atoms with E-state index in [4.69, 9.17) is 5.10 Å². The predicted molar refractivity (Wildman–Crippen MR) is 128 cm³/mol. The van der Waals surface area contributed by atoms with Crippen molar-refractivity contribution in [3.05, 3.63) is 72.4 Å². The Bertz CT molecular complexity index is 1110. The zero-order valence-electron chi connectivity index (χ0n) is 19.0. The monoisotopic (exact) mass is 442 g/mol. The molecular formula is C27H30N4O2. The van der Waals surface area contributed by atoms with Gasteiger partial charge in [-0.15, -0.1) is 0 Å². The molecule has 6 nitrogen and oxygen atoms in total. The highest BCUT2D eigenvalue weighted by molar-refractivity contribution is 6.00. The summed E-state index contributed by atoms with van der Waals surface area (Å²) in [5.41, 5.74) is 3.16. The van der Waals surface area contributed by atoms with E-state index in [0.717, 1.165) is 36.9 Å². The van der Waals surface area contributed by atoms with Gasteiger partial charge in [-0.2, -0.15) is 5.10 Å². The summed E-state index contributed by atoms with van der Waals surface area (Å²) in [5, 5.41) is 7.91. The number of piperidine rings is 1. The van der Waals surface area contributed by atoms with Gasteiger partial charge in [-0.1, -0.05) is 55.5 Å². The summed E-state index contributed by atoms with van der Waals surface area (Å²) >= 11 is 0. The van der Waals surface area contributed by atoms with Crippen molar-refractivity contribution in [1.82, 2.24) is 20.0 Å². The first-order chi connectivity index (χ1) is 16.1. The van der Waals surface area contributed by atoms with Crippen molar-refractivity contribution in [3.63, 3.8) is 0 Å². The summed E-state index contributed by atoms with van der Waals surface area (Å²) in [7, 11) is 0. The van der Waals surface area contributed by atoms with E-state index in [1.54, 1.807) is 4.68 Å². The van der Waals surface area contributed by atoms with Crippen LogP contribution in [0.15, 0.2) is 66.9 Å². The summed E-state index contributed by atoms with van der Waals surface area (Å²) < 4.78 is 1.78. The molecule has 0 bridgehead atoms. The Hall–Kier alpha value is -3.41. The number of para-hydroxylation sites is 1. The van der Waals surface area contributed by atoms with Crippen LogP contribution in [-0.4, -0.2) is 45.6 Å². The van der Waals surface area contributed by atoms with Crippen LogP contribution in [0, 0.1) is 11.8 Å². The third-order valence-electron chi connectivity index (χ3n) is 6.88. The molecule has 0 spiro atoms. The molecule has 1 aromatic heterocycles. The van der Waals surface area contributed by atoms with Gasteiger partial charge >= 0.3 is 0 Å². The number of likely N-dealkylation sites (tertiary alicyclic amines) is 1. The summed E-state index contributed by atoms with van der Waals surface area (Å²) in [6.45, 7) is 3.35. The highest BCUT2D eigenvalue weighted by Gasteiger charge is 2.33. The summed E-state index contributed by atoms with van der Waals surface area (Å²) in [6, 6.07) is 20.1. The molecular weight excluding hydrogens is 412 g/mol. The van der Waals surface area contributed by atoms with Gasteiger partial charge in [-0.3, -0.25) is 9.59 Å². The maximum absolute atomic E-state index is 13.6. The summed E-state index contributed by atoms with van der Waals surface area (Å²) in [4.78, 5) is 28.0. The Morgan fingerprint density at radius 3 is 2.21 bits per heavy atom. The number of rotatable bonds is 6. The van der Waals surface area contributed by atoms with E-state index < -0.39 is 0 Å². The van der Waals surface area contributed by atoms with E-state index in [0.29, 0.717) is 36.3 Å². The first kappa shape index (κ1) is 21.4. The normalized spacial score (nSPS) is 17.5.